The van der Waals surface area contributed by atoms with Crippen molar-refractivity contribution in [3.63, 3.8) is 0 Å². The lowest BCUT2D eigenvalue weighted by Gasteiger charge is -2.32. The molecule has 0 unspecified atom stereocenters. The normalized spacial score (nSPS) is 18.0. The largest absolute Gasteiger partial charge is 0.481 e. The van der Waals surface area contributed by atoms with E-state index in [0.717, 1.165) is 15.6 Å². The van der Waals surface area contributed by atoms with E-state index in [1.54, 1.807) is 61.5 Å². The van der Waals surface area contributed by atoms with E-state index in [9.17, 15) is 24.3 Å². The number of nitrogens with two attached hydrogens (primary N) is 1. The Morgan fingerprint density at radius 2 is 1.59 bits per heavy atom. The van der Waals surface area contributed by atoms with Crippen LogP contribution in [0.2, 0.25) is 0 Å². The van der Waals surface area contributed by atoms with Crippen LogP contribution in [0, 0.1) is 0 Å². The lowest BCUT2D eigenvalue weighted by Crippen LogP contribution is -2.52. The number of imide groups is 1. The number of carbonyl (C=O) groups is 4. The highest BCUT2D eigenvalue weighted by atomic mass is 16.4. The van der Waals surface area contributed by atoms with Gasteiger partial charge in [-0.25, -0.2) is 9.80 Å². The van der Waals surface area contributed by atoms with E-state index < -0.39 is 41.8 Å². The molecule has 4 amide bonds. The van der Waals surface area contributed by atoms with Crippen LogP contribution in [-0.2, 0) is 26.5 Å². The van der Waals surface area contributed by atoms with Crippen LogP contribution in [0.3, 0.4) is 0 Å². The second-order valence-electron chi connectivity index (χ2n) is 9.35. The van der Waals surface area contributed by atoms with Crippen molar-refractivity contribution in [2.75, 3.05) is 6.54 Å². The molecule has 2 atom stereocenters. The number of rotatable bonds is 9. The number of hydrazone groups is 1. The van der Waals surface area contributed by atoms with Crippen molar-refractivity contribution in [3.8, 4) is 0 Å². The van der Waals surface area contributed by atoms with Gasteiger partial charge in [-0.05, 0) is 29.2 Å². The minimum atomic E-state index is -1.50. The first-order valence-electron chi connectivity index (χ1n) is 12.3. The molecule has 39 heavy (non-hydrogen) atoms. The third-order valence-electron chi connectivity index (χ3n) is 6.90. The molecule has 1 saturated heterocycles. The second-order valence-corrected chi connectivity index (χ2v) is 9.35. The first-order valence-corrected chi connectivity index (χ1v) is 12.3. The predicted octanol–water partition coefficient (Wildman–Crippen LogP) is 3.29. The van der Waals surface area contributed by atoms with Gasteiger partial charge in [-0.2, -0.15) is 10.1 Å². The number of benzene rings is 3. The quantitative estimate of drug-likeness (QED) is 0.190. The summed E-state index contributed by atoms with van der Waals surface area (Å²) in [5.74, 6) is 1.59. The van der Waals surface area contributed by atoms with Crippen LogP contribution < -0.4 is 5.84 Å². The monoisotopic (exact) mass is 527 g/mol. The van der Waals surface area contributed by atoms with Crippen molar-refractivity contribution in [1.29, 1.82) is 0 Å². The molecule has 10 nitrogen and oxygen atoms in total. The fraction of sp³-hybridized carbons (Fsp3) is 0.207. The van der Waals surface area contributed by atoms with Crippen LogP contribution in [0.4, 0.5) is 4.79 Å². The molecule has 3 N–H and O–H groups in total. The molecule has 1 fully saturated rings. The average molecular weight is 528 g/mol. The van der Waals surface area contributed by atoms with Gasteiger partial charge >= 0.3 is 12.0 Å². The molecule has 4 rings (SSSR count). The molecule has 10 heteroatoms. The highest BCUT2D eigenvalue weighted by Crippen LogP contribution is 2.40. The van der Waals surface area contributed by atoms with Crippen LogP contribution >= 0.6 is 0 Å². The maximum absolute atomic E-state index is 14.2. The van der Waals surface area contributed by atoms with Gasteiger partial charge in [0.05, 0.1) is 12.8 Å². The maximum atomic E-state index is 14.2. The van der Waals surface area contributed by atoms with Crippen molar-refractivity contribution < 1.29 is 24.3 Å². The molecule has 3 aromatic carbocycles. The Kier molecular flexibility index (Phi) is 7.75. The predicted molar refractivity (Wildman–Crippen MR) is 144 cm³/mol. The van der Waals surface area contributed by atoms with Gasteiger partial charge in [0.2, 0.25) is 5.91 Å². The molecule has 0 saturated carbocycles. The molecule has 0 aromatic heterocycles. The number of hydrazine groups is 1. The van der Waals surface area contributed by atoms with E-state index in [1.165, 1.54) is 18.0 Å². The lowest BCUT2D eigenvalue weighted by atomic mass is 9.89. The Labute approximate surface area is 225 Å². The first-order chi connectivity index (χ1) is 18.7. The van der Waals surface area contributed by atoms with Crippen molar-refractivity contribution in [3.05, 3.63) is 107 Å². The lowest BCUT2D eigenvalue weighted by molar-refractivity contribution is -0.158. The van der Waals surface area contributed by atoms with Gasteiger partial charge in [0.15, 0.2) is 0 Å². The topological polar surface area (TPSA) is 137 Å². The number of nitrogens with zero attached hydrogens (tertiary/aromatic N) is 4. The standard InChI is InChI=1S/C29H29N5O5/c1-20(35)33(19-25(26(36)37)23-11-7-4-8-12-23)34-27(38)29(2,24-15-13-21(14-16-24)17-31-30)32(28(34)39)18-22-9-5-3-6-10-22/h3-17,25H,18-19,30H2,1-2H3,(H,36,37)/t25-,29+/m0/s1. The Morgan fingerprint density at radius 1 is 1.00 bits per heavy atom. The molecule has 0 radical (unpaired) electrons. The molecule has 0 aliphatic carbocycles. The summed E-state index contributed by atoms with van der Waals surface area (Å²) in [6.45, 7) is 2.49. The van der Waals surface area contributed by atoms with E-state index in [-0.39, 0.29) is 6.54 Å². The van der Waals surface area contributed by atoms with E-state index in [0.29, 0.717) is 16.7 Å². The zero-order chi connectivity index (χ0) is 28.2. The summed E-state index contributed by atoms with van der Waals surface area (Å²) >= 11 is 0. The first kappa shape index (κ1) is 27.1. The zero-order valence-corrected chi connectivity index (χ0v) is 21.6. The third-order valence-corrected chi connectivity index (χ3v) is 6.90. The summed E-state index contributed by atoms with van der Waals surface area (Å²) < 4.78 is 0. The minimum Gasteiger partial charge on any atom is -0.481 e. The van der Waals surface area contributed by atoms with Crippen LogP contribution in [0.1, 0.15) is 42.0 Å². The Hall–Kier alpha value is -4.99. The smallest absolute Gasteiger partial charge is 0.347 e. The van der Waals surface area contributed by atoms with Crippen molar-refractivity contribution >= 4 is 30.0 Å². The van der Waals surface area contributed by atoms with Gasteiger partial charge in [0.1, 0.15) is 11.5 Å². The number of hydrogen-bond donors (Lipinski definition) is 2. The number of hydrogen-bond acceptors (Lipinski definition) is 6. The van der Waals surface area contributed by atoms with Gasteiger partial charge in [-0.1, -0.05) is 84.9 Å². The molecule has 0 bridgehead atoms. The summed E-state index contributed by atoms with van der Waals surface area (Å²) in [6, 6.07) is 23.6. The van der Waals surface area contributed by atoms with Gasteiger partial charge in [-0.15, -0.1) is 0 Å². The molecular weight excluding hydrogens is 498 g/mol. The highest BCUT2D eigenvalue weighted by molar-refractivity contribution is 6.08. The fourth-order valence-electron chi connectivity index (χ4n) is 4.71. The average Bonchev–Trinajstić information content (AvgIpc) is 3.11. The van der Waals surface area contributed by atoms with Crippen molar-refractivity contribution in [2.24, 2.45) is 10.9 Å². The zero-order valence-electron chi connectivity index (χ0n) is 21.6. The van der Waals surface area contributed by atoms with E-state index in [2.05, 4.69) is 5.10 Å². The number of aliphatic carboxylic acids is 1. The molecule has 1 aliphatic rings. The molecule has 3 aromatic rings. The SMILES string of the molecule is CC(=O)N(C[C@H](C(=O)O)c1ccccc1)N1C(=O)N(Cc2ccccc2)[C@](C)(c2ccc(C=NN)cc2)C1=O. The molecule has 0 spiro atoms. The summed E-state index contributed by atoms with van der Waals surface area (Å²) in [6.07, 6.45) is 1.45. The van der Waals surface area contributed by atoms with Crippen LogP contribution in [-0.4, -0.2) is 56.6 Å². The summed E-state index contributed by atoms with van der Waals surface area (Å²) in [5, 5.41) is 15.2. The summed E-state index contributed by atoms with van der Waals surface area (Å²) in [7, 11) is 0. The van der Waals surface area contributed by atoms with Gasteiger partial charge in [0.25, 0.3) is 5.91 Å². The summed E-state index contributed by atoms with van der Waals surface area (Å²) in [5.41, 5.74) is 0.933. The number of carboxylic acids is 1. The van der Waals surface area contributed by atoms with Gasteiger partial charge < -0.3 is 10.9 Å². The van der Waals surface area contributed by atoms with Crippen LogP contribution in [0.15, 0.2) is 90.0 Å². The second kappa shape index (κ2) is 11.2. The fourth-order valence-corrected chi connectivity index (χ4v) is 4.71. The molecule has 1 heterocycles. The van der Waals surface area contributed by atoms with Crippen molar-refractivity contribution in [1.82, 2.24) is 14.9 Å². The van der Waals surface area contributed by atoms with Crippen LogP contribution in [0.25, 0.3) is 0 Å². The Morgan fingerprint density at radius 3 is 2.13 bits per heavy atom. The number of amides is 4. The highest BCUT2D eigenvalue weighted by Gasteiger charge is 2.58. The maximum Gasteiger partial charge on any atom is 0.347 e. The molecule has 1 aliphatic heterocycles. The molecular formula is C29H29N5O5. The van der Waals surface area contributed by atoms with E-state index in [4.69, 9.17) is 5.84 Å². The number of carbonyl (C=O) groups excluding carboxylic acids is 3. The van der Waals surface area contributed by atoms with Gasteiger partial charge in [0, 0.05) is 13.5 Å². The van der Waals surface area contributed by atoms with E-state index >= 15 is 0 Å². The Bertz CT molecular complexity index is 1390. The number of carboxylic acid groups (broad SMARTS) is 1. The summed E-state index contributed by atoms with van der Waals surface area (Å²) in [4.78, 5) is 54.6. The molecule has 200 valence electrons. The van der Waals surface area contributed by atoms with Gasteiger partial charge in [-0.3, -0.25) is 19.3 Å². The van der Waals surface area contributed by atoms with E-state index in [1.807, 2.05) is 30.3 Å². The van der Waals surface area contributed by atoms with Crippen molar-refractivity contribution in [2.45, 2.75) is 31.8 Å². The number of urea groups is 1. The minimum absolute atomic E-state index is 0.0806. The third kappa shape index (κ3) is 5.22. The van der Waals surface area contributed by atoms with Crippen LogP contribution in [0.5, 0.6) is 0 Å². The Balaban J connectivity index is 1.79.